The highest BCUT2D eigenvalue weighted by atomic mass is 16.5. The highest BCUT2D eigenvalue weighted by Gasteiger charge is 2.27. The van der Waals surface area contributed by atoms with Crippen LogP contribution in [0.2, 0.25) is 0 Å². The van der Waals surface area contributed by atoms with Gasteiger partial charge in [0.05, 0.1) is 12.7 Å². The molecule has 1 unspecified atom stereocenters. The van der Waals surface area contributed by atoms with Gasteiger partial charge in [0.1, 0.15) is 5.52 Å². The number of rotatable bonds is 7. The van der Waals surface area contributed by atoms with E-state index in [4.69, 9.17) is 10.2 Å². The molecule has 1 amide bonds. The molecule has 0 fully saturated rings. The van der Waals surface area contributed by atoms with E-state index < -0.39 is 23.6 Å². The molecule has 1 atom stereocenters. The Bertz CT molecular complexity index is 994. The number of hydrogen-bond donors (Lipinski definition) is 1. The number of esters is 1. The second-order valence-electron chi connectivity index (χ2n) is 6.11. The monoisotopic (exact) mass is 366 g/mol. The second-order valence-corrected chi connectivity index (χ2v) is 6.11. The van der Waals surface area contributed by atoms with Crippen LogP contribution in [0.4, 0.5) is 0 Å². The van der Waals surface area contributed by atoms with Crippen LogP contribution in [0.15, 0.2) is 52.9 Å². The van der Waals surface area contributed by atoms with E-state index >= 15 is 0 Å². The average Bonchev–Trinajstić information content (AvgIpc) is 3.10. The Morgan fingerprint density at radius 1 is 1.15 bits per heavy atom. The lowest BCUT2D eigenvalue weighted by atomic mass is 9.92. The third-order valence-corrected chi connectivity index (χ3v) is 4.16. The van der Waals surface area contributed by atoms with Crippen molar-refractivity contribution >= 4 is 28.8 Å². The number of nitrogens with two attached hydrogens (primary N) is 1. The summed E-state index contributed by atoms with van der Waals surface area (Å²) in [5, 5.41) is 0. The number of amides is 1. The first-order chi connectivity index (χ1) is 13.0. The zero-order valence-corrected chi connectivity index (χ0v) is 14.7. The average molecular weight is 366 g/mol. The molecule has 3 aromatic rings. The normalized spacial score (nSPS) is 11.9. The molecule has 0 saturated carbocycles. The number of ether oxygens (including phenoxy) is 1. The third-order valence-electron chi connectivity index (χ3n) is 4.16. The number of methoxy groups -OCH3 is 1. The van der Waals surface area contributed by atoms with Crippen LogP contribution in [0.25, 0.3) is 11.1 Å². The van der Waals surface area contributed by atoms with Gasteiger partial charge in [0, 0.05) is 12.3 Å². The summed E-state index contributed by atoms with van der Waals surface area (Å²) in [5.74, 6) is -2.29. The number of ketones is 1. The van der Waals surface area contributed by atoms with Gasteiger partial charge in [0.25, 0.3) is 5.89 Å². The van der Waals surface area contributed by atoms with Gasteiger partial charge in [-0.3, -0.25) is 9.59 Å². The van der Waals surface area contributed by atoms with Crippen molar-refractivity contribution in [3.8, 4) is 0 Å². The Labute approximate surface area is 155 Å². The van der Waals surface area contributed by atoms with E-state index in [2.05, 4.69) is 9.72 Å². The topological polar surface area (TPSA) is 112 Å². The van der Waals surface area contributed by atoms with E-state index in [1.54, 1.807) is 6.07 Å². The first kappa shape index (κ1) is 18.3. The minimum Gasteiger partial charge on any atom is -0.465 e. The number of carbonyl (C=O) groups is 3. The summed E-state index contributed by atoms with van der Waals surface area (Å²) < 4.78 is 10.2. The summed E-state index contributed by atoms with van der Waals surface area (Å²) >= 11 is 0. The summed E-state index contributed by atoms with van der Waals surface area (Å²) in [6.45, 7) is 0. The fourth-order valence-corrected chi connectivity index (χ4v) is 2.85. The molecular formula is C20H18N2O5. The quantitative estimate of drug-likeness (QED) is 0.508. The molecule has 7 heteroatoms. The van der Waals surface area contributed by atoms with Crippen LogP contribution in [0.5, 0.6) is 0 Å². The van der Waals surface area contributed by atoms with Gasteiger partial charge in [0.15, 0.2) is 5.58 Å². The van der Waals surface area contributed by atoms with Crippen LogP contribution in [-0.2, 0) is 16.0 Å². The van der Waals surface area contributed by atoms with Crippen molar-refractivity contribution in [1.29, 1.82) is 0 Å². The van der Waals surface area contributed by atoms with Gasteiger partial charge in [-0.05, 0) is 30.2 Å². The lowest BCUT2D eigenvalue weighted by Crippen LogP contribution is -2.25. The van der Waals surface area contributed by atoms with Crippen LogP contribution in [0.1, 0.15) is 33.0 Å². The maximum absolute atomic E-state index is 12.9. The molecule has 1 heterocycles. The highest BCUT2D eigenvalue weighted by molar-refractivity contribution is 5.99. The SMILES string of the molecule is COC(=O)c1ccc2oc(C(=O)C(CC(N)=O)Cc3ccccc3)nc2c1. The Hall–Kier alpha value is -3.48. The standard InChI is InChI=1S/C20H18N2O5/c1-26-20(25)13-7-8-16-15(10-13)22-19(27-16)18(24)14(11-17(21)23)9-12-5-3-2-4-6-12/h2-8,10,14H,9,11H2,1H3,(H2,21,23). The van der Waals surface area contributed by atoms with E-state index in [0.29, 0.717) is 23.1 Å². The minimum absolute atomic E-state index is 0.111. The molecule has 2 N–H and O–H groups in total. The van der Waals surface area contributed by atoms with Gasteiger partial charge < -0.3 is 14.9 Å². The number of oxazole rings is 1. The summed E-state index contributed by atoms with van der Waals surface area (Å²) in [4.78, 5) is 40.1. The fraction of sp³-hybridized carbons (Fsp3) is 0.200. The summed E-state index contributed by atoms with van der Waals surface area (Å²) in [5.41, 5.74) is 7.24. The van der Waals surface area contributed by atoms with E-state index in [-0.39, 0.29) is 12.3 Å². The molecule has 0 aliphatic rings. The van der Waals surface area contributed by atoms with Crippen LogP contribution in [-0.4, -0.2) is 29.8 Å². The van der Waals surface area contributed by atoms with Crippen molar-refractivity contribution in [1.82, 2.24) is 4.98 Å². The molecule has 0 aliphatic heterocycles. The van der Waals surface area contributed by atoms with Crippen molar-refractivity contribution in [2.24, 2.45) is 11.7 Å². The van der Waals surface area contributed by atoms with Gasteiger partial charge in [-0.2, -0.15) is 0 Å². The number of Topliss-reactive ketones (excluding diaryl/α,β-unsaturated/α-hetero) is 1. The Balaban J connectivity index is 1.90. The number of benzene rings is 2. The number of fused-ring (bicyclic) bond motifs is 1. The molecule has 0 aliphatic carbocycles. The van der Waals surface area contributed by atoms with E-state index in [9.17, 15) is 14.4 Å². The summed E-state index contributed by atoms with van der Waals surface area (Å²) in [6.07, 6.45) is 0.231. The predicted molar refractivity (Wildman–Crippen MR) is 97.1 cm³/mol. The van der Waals surface area contributed by atoms with Crippen LogP contribution < -0.4 is 5.73 Å². The lowest BCUT2D eigenvalue weighted by molar-refractivity contribution is -0.118. The molecular weight excluding hydrogens is 348 g/mol. The van der Waals surface area contributed by atoms with Crippen molar-refractivity contribution < 1.29 is 23.5 Å². The highest BCUT2D eigenvalue weighted by Crippen LogP contribution is 2.22. The van der Waals surface area contributed by atoms with E-state index in [0.717, 1.165) is 5.56 Å². The molecule has 0 bridgehead atoms. The summed E-state index contributed by atoms with van der Waals surface area (Å²) in [6, 6.07) is 13.9. The zero-order valence-electron chi connectivity index (χ0n) is 14.7. The van der Waals surface area contributed by atoms with Crippen molar-refractivity contribution in [3.63, 3.8) is 0 Å². The van der Waals surface area contributed by atoms with Crippen molar-refractivity contribution in [2.75, 3.05) is 7.11 Å². The molecule has 138 valence electrons. The maximum atomic E-state index is 12.9. The third kappa shape index (κ3) is 4.20. The number of nitrogens with zero attached hydrogens (tertiary/aromatic N) is 1. The minimum atomic E-state index is -0.682. The first-order valence-corrected chi connectivity index (χ1v) is 8.33. The zero-order chi connectivity index (χ0) is 19.4. The second kappa shape index (κ2) is 7.82. The summed E-state index contributed by atoms with van der Waals surface area (Å²) in [7, 11) is 1.28. The Morgan fingerprint density at radius 2 is 1.89 bits per heavy atom. The lowest BCUT2D eigenvalue weighted by Gasteiger charge is -2.12. The van der Waals surface area contributed by atoms with E-state index in [1.165, 1.54) is 19.2 Å². The van der Waals surface area contributed by atoms with Crippen LogP contribution in [0.3, 0.4) is 0 Å². The Kier molecular flexibility index (Phi) is 5.30. The van der Waals surface area contributed by atoms with Gasteiger partial charge in [0.2, 0.25) is 11.7 Å². The molecule has 0 radical (unpaired) electrons. The van der Waals surface area contributed by atoms with E-state index in [1.807, 2.05) is 30.3 Å². The van der Waals surface area contributed by atoms with Crippen LogP contribution >= 0.6 is 0 Å². The largest absolute Gasteiger partial charge is 0.465 e. The van der Waals surface area contributed by atoms with Crippen molar-refractivity contribution in [3.05, 3.63) is 65.5 Å². The molecule has 3 rings (SSSR count). The Morgan fingerprint density at radius 3 is 2.56 bits per heavy atom. The van der Waals surface area contributed by atoms with Gasteiger partial charge in [-0.15, -0.1) is 0 Å². The van der Waals surface area contributed by atoms with Gasteiger partial charge in [-0.25, -0.2) is 9.78 Å². The smallest absolute Gasteiger partial charge is 0.337 e. The molecule has 0 spiro atoms. The molecule has 2 aromatic carbocycles. The molecule has 0 saturated heterocycles. The number of primary amides is 1. The molecule has 1 aromatic heterocycles. The number of carbonyl (C=O) groups excluding carboxylic acids is 3. The first-order valence-electron chi connectivity index (χ1n) is 8.33. The maximum Gasteiger partial charge on any atom is 0.337 e. The van der Waals surface area contributed by atoms with Gasteiger partial charge in [-0.1, -0.05) is 30.3 Å². The number of hydrogen-bond acceptors (Lipinski definition) is 6. The molecule has 27 heavy (non-hydrogen) atoms. The van der Waals surface area contributed by atoms with Gasteiger partial charge >= 0.3 is 5.97 Å². The predicted octanol–water partition coefficient (Wildman–Crippen LogP) is 2.53. The van der Waals surface area contributed by atoms with Crippen LogP contribution in [0, 0.1) is 5.92 Å². The van der Waals surface area contributed by atoms with Crippen molar-refractivity contribution in [2.45, 2.75) is 12.8 Å². The molecule has 7 nitrogen and oxygen atoms in total. The number of aromatic nitrogens is 1. The fourth-order valence-electron chi connectivity index (χ4n) is 2.85.